The molecule has 116 valence electrons. The number of morpholine rings is 1. The summed E-state index contributed by atoms with van der Waals surface area (Å²) in [5.41, 5.74) is 1.54. The fourth-order valence-electron chi connectivity index (χ4n) is 2.47. The number of benzene rings is 1. The van der Waals surface area contributed by atoms with Gasteiger partial charge in [0.25, 0.3) is 5.91 Å². The molecule has 0 saturated carbocycles. The zero-order valence-electron chi connectivity index (χ0n) is 12.5. The van der Waals surface area contributed by atoms with Gasteiger partial charge in [0.15, 0.2) is 0 Å². The van der Waals surface area contributed by atoms with E-state index in [-0.39, 0.29) is 17.8 Å². The molecule has 4 nitrogen and oxygen atoms in total. The van der Waals surface area contributed by atoms with Crippen LogP contribution in [0.2, 0.25) is 0 Å². The third-order valence-electron chi connectivity index (χ3n) is 3.71. The summed E-state index contributed by atoms with van der Waals surface area (Å²) in [6.07, 6.45) is 0. The number of carbonyl (C=O) groups excluding carboxylic acids is 1. The predicted molar refractivity (Wildman–Crippen MR) is 83.6 cm³/mol. The number of halogens is 1. The Morgan fingerprint density at radius 1 is 1.41 bits per heavy atom. The molecule has 3 rings (SSSR count). The molecule has 1 unspecified atom stereocenters. The van der Waals surface area contributed by atoms with Gasteiger partial charge in [-0.25, -0.2) is 9.37 Å². The molecule has 0 N–H and O–H groups in total. The van der Waals surface area contributed by atoms with E-state index < -0.39 is 0 Å². The summed E-state index contributed by atoms with van der Waals surface area (Å²) < 4.78 is 18.4. The van der Waals surface area contributed by atoms with Crippen LogP contribution in [0.15, 0.2) is 24.3 Å². The third kappa shape index (κ3) is 2.89. The Bertz CT molecular complexity index is 684. The number of thiazole rings is 1. The van der Waals surface area contributed by atoms with E-state index in [9.17, 15) is 9.18 Å². The van der Waals surface area contributed by atoms with Crippen molar-refractivity contribution in [2.75, 3.05) is 19.8 Å². The molecular weight excluding hydrogens is 303 g/mol. The zero-order chi connectivity index (χ0) is 15.7. The van der Waals surface area contributed by atoms with Crippen molar-refractivity contribution in [3.05, 3.63) is 40.7 Å². The van der Waals surface area contributed by atoms with Crippen molar-refractivity contribution in [3.8, 4) is 10.6 Å². The van der Waals surface area contributed by atoms with Crippen LogP contribution in [0, 0.1) is 12.7 Å². The van der Waals surface area contributed by atoms with Crippen LogP contribution in [0.1, 0.15) is 22.3 Å². The van der Waals surface area contributed by atoms with Gasteiger partial charge in [-0.05, 0) is 38.1 Å². The summed E-state index contributed by atoms with van der Waals surface area (Å²) in [5.74, 6) is -0.283. The number of rotatable bonds is 2. The van der Waals surface area contributed by atoms with Gasteiger partial charge in [-0.1, -0.05) is 0 Å². The minimum Gasteiger partial charge on any atom is -0.377 e. The smallest absolute Gasteiger partial charge is 0.266 e. The number of ether oxygens (including phenoxy) is 1. The fraction of sp³-hybridized carbons (Fsp3) is 0.375. The molecule has 1 atom stereocenters. The molecule has 1 aliphatic heterocycles. The van der Waals surface area contributed by atoms with Crippen molar-refractivity contribution in [1.29, 1.82) is 0 Å². The Balaban J connectivity index is 1.88. The number of aromatic nitrogens is 1. The Morgan fingerprint density at radius 3 is 2.82 bits per heavy atom. The van der Waals surface area contributed by atoms with Crippen molar-refractivity contribution >= 4 is 17.2 Å². The largest absolute Gasteiger partial charge is 0.377 e. The second kappa shape index (κ2) is 6.14. The first-order valence-electron chi connectivity index (χ1n) is 7.18. The van der Waals surface area contributed by atoms with E-state index >= 15 is 0 Å². The second-order valence-corrected chi connectivity index (χ2v) is 6.36. The average Bonchev–Trinajstić information content (AvgIpc) is 2.90. The highest BCUT2D eigenvalue weighted by Crippen LogP contribution is 2.29. The van der Waals surface area contributed by atoms with Crippen LogP contribution in [0.25, 0.3) is 10.6 Å². The molecule has 1 aromatic heterocycles. The molecule has 6 heteroatoms. The van der Waals surface area contributed by atoms with Gasteiger partial charge < -0.3 is 9.64 Å². The van der Waals surface area contributed by atoms with Crippen LogP contribution in [0.4, 0.5) is 4.39 Å². The van der Waals surface area contributed by atoms with Gasteiger partial charge in [0.05, 0.1) is 24.9 Å². The van der Waals surface area contributed by atoms with E-state index in [0.29, 0.717) is 30.3 Å². The highest BCUT2D eigenvalue weighted by molar-refractivity contribution is 7.17. The SMILES string of the molecule is Cc1nc(-c2ccc(F)cc2)sc1C(=O)N1CCOCC1C. The third-order valence-corrected chi connectivity index (χ3v) is 4.91. The second-order valence-electron chi connectivity index (χ2n) is 5.36. The van der Waals surface area contributed by atoms with Crippen molar-refractivity contribution in [2.45, 2.75) is 19.9 Å². The van der Waals surface area contributed by atoms with Gasteiger partial charge in [0, 0.05) is 12.1 Å². The topological polar surface area (TPSA) is 42.4 Å². The van der Waals surface area contributed by atoms with Gasteiger partial charge in [0.1, 0.15) is 15.7 Å². The van der Waals surface area contributed by atoms with E-state index in [1.807, 2.05) is 18.7 Å². The molecule has 2 aromatic rings. The summed E-state index contributed by atoms with van der Waals surface area (Å²) in [7, 11) is 0. The highest BCUT2D eigenvalue weighted by atomic mass is 32.1. The van der Waals surface area contributed by atoms with Crippen LogP contribution in [-0.4, -0.2) is 41.6 Å². The Labute approximate surface area is 132 Å². The lowest BCUT2D eigenvalue weighted by Crippen LogP contribution is -2.47. The van der Waals surface area contributed by atoms with Crippen molar-refractivity contribution < 1.29 is 13.9 Å². The Morgan fingerprint density at radius 2 is 2.14 bits per heavy atom. The average molecular weight is 320 g/mol. The lowest BCUT2D eigenvalue weighted by Gasteiger charge is -2.33. The number of hydrogen-bond donors (Lipinski definition) is 0. The summed E-state index contributed by atoms with van der Waals surface area (Å²) in [6.45, 7) is 5.55. The number of amides is 1. The lowest BCUT2D eigenvalue weighted by atomic mass is 10.2. The summed E-state index contributed by atoms with van der Waals surface area (Å²) in [5, 5.41) is 0.738. The minimum atomic E-state index is -0.282. The van der Waals surface area contributed by atoms with Crippen molar-refractivity contribution in [3.63, 3.8) is 0 Å². The molecule has 0 aliphatic carbocycles. The molecule has 1 aliphatic rings. The van der Waals surface area contributed by atoms with Gasteiger partial charge in [-0.2, -0.15) is 0 Å². The Hall–Kier alpha value is -1.79. The quantitative estimate of drug-likeness (QED) is 0.854. The van der Waals surface area contributed by atoms with E-state index in [0.717, 1.165) is 10.6 Å². The number of carbonyl (C=O) groups is 1. The lowest BCUT2D eigenvalue weighted by molar-refractivity contribution is 0.00381. The van der Waals surface area contributed by atoms with Gasteiger partial charge in [0.2, 0.25) is 0 Å². The van der Waals surface area contributed by atoms with Crippen LogP contribution in [-0.2, 0) is 4.74 Å². The maximum absolute atomic E-state index is 13.0. The van der Waals surface area contributed by atoms with Crippen LogP contribution in [0.3, 0.4) is 0 Å². The molecule has 1 fully saturated rings. The molecule has 1 amide bonds. The first-order valence-corrected chi connectivity index (χ1v) is 8.00. The van der Waals surface area contributed by atoms with Gasteiger partial charge in [-0.15, -0.1) is 11.3 Å². The van der Waals surface area contributed by atoms with E-state index in [2.05, 4.69) is 4.98 Å². The molecule has 0 radical (unpaired) electrons. The van der Waals surface area contributed by atoms with Crippen LogP contribution < -0.4 is 0 Å². The highest BCUT2D eigenvalue weighted by Gasteiger charge is 2.27. The maximum Gasteiger partial charge on any atom is 0.266 e. The van der Waals surface area contributed by atoms with Gasteiger partial charge >= 0.3 is 0 Å². The molecule has 22 heavy (non-hydrogen) atoms. The maximum atomic E-state index is 13.0. The summed E-state index contributed by atoms with van der Waals surface area (Å²) in [6, 6.07) is 6.23. The summed E-state index contributed by atoms with van der Waals surface area (Å²) in [4.78, 5) is 19.7. The summed E-state index contributed by atoms with van der Waals surface area (Å²) >= 11 is 1.36. The van der Waals surface area contributed by atoms with E-state index in [1.54, 1.807) is 12.1 Å². The van der Waals surface area contributed by atoms with Crippen LogP contribution >= 0.6 is 11.3 Å². The molecule has 0 bridgehead atoms. The molecule has 2 heterocycles. The van der Waals surface area contributed by atoms with E-state index in [4.69, 9.17) is 4.74 Å². The molecular formula is C16H17FN2O2S. The number of aryl methyl sites for hydroxylation is 1. The van der Waals surface area contributed by atoms with Crippen molar-refractivity contribution in [1.82, 2.24) is 9.88 Å². The fourth-order valence-corrected chi connectivity index (χ4v) is 3.50. The van der Waals surface area contributed by atoms with Crippen molar-refractivity contribution in [2.24, 2.45) is 0 Å². The first-order chi connectivity index (χ1) is 10.6. The van der Waals surface area contributed by atoms with E-state index in [1.165, 1.54) is 23.5 Å². The van der Waals surface area contributed by atoms with Crippen LogP contribution in [0.5, 0.6) is 0 Å². The molecule has 1 aromatic carbocycles. The number of hydrogen-bond acceptors (Lipinski definition) is 4. The predicted octanol–water partition coefficient (Wildman–Crippen LogP) is 3.12. The standard InChI is InChI=1S/C16H17FN2O2S/c1-10-9-21-8-7-19(10)16(20)14-11(2)18-15(22-14)12-3-5-13(17)6-4-12/h3-6,10H,7-9H2,1-2H3. The molecule has 0 spiro atoms. The monoisotopic (exact) mass is 320 g/mol. The Kier molecular flexibility index (Phi) is 4.22. The first kappa shape index (κ1) is 15.1. The zero-order valence-corrected chi connectivity index (χ0v) is 13.3. The minimum absolute atomic E-state index is 0.000776. The van der Waals surface area contributed by atoms with Gasteiger partial charge in [-0.3, -0.25) is 4.79 Å². The normalized spacial score (nSPS) is 18.5. The number of nitrogens with zero attached hydrogens (tertiary/aromatic N) is 2. The molecule has 1 saturated heterocycles.